The van der Waals surface area contributed by atoms with Crippen molar-refractivity contribution in [2.75, 3.05) is 27.2 Å². The topological polar surface area (TPSA) is 36.3 Å². The molecule has 1 aliphatic heterocycles. The second-order valence-corrected chi connectivity index (χ2v) is 2.79. The molecule has 0 atom stereocenters. The van der Waals surface area contributed by atoms with Gasteiger partial charge in [-0.25, -0.2) is 0 Å². The van der Waals surface area contributed by atoms with Crippen LogP contribution in [0.25, 0.3) is 0 Å². The molecule has 1 heterocycles. The Morgan fingerprint density at radius 1 is 1.73 bits per heavy atom. The Balaban J connectivity index is 2.57. The molecule has 0 amide bonds. The van der Waals surface area contributed by atoms with Gasteiger partial charge in [-0.15, -0.1) is 0 Å². The van der Waals surface area contributed by atoms with Crippen LogP contribution in [0.1, 0.15) is 6.42 Å². The van der Waals surface area contributed by atoms with Gasteiger partial charge in [-0.3, -0.25) is 5.41 Å². The van der Waals surface area contributed by atoms with Crippen molar-refractivity contribution in [2.45, 2.75) is 6.42 Å². The lowest BCUT2D eigenvalue weighted by Crippen LogP contribution is -2.28. The highest BCUT2D eigenvalue weighted by Crippen LogP contribution is 2.08. The van der Waals surface area contributed by atoms with E-state index in [2.05, 4.69) is 18.0 Å². The predicted octanol–water partition coefficient (Wildman–Crippen LogP) is 0.872. The Morgan fingerprint density at radius 3 is 3.00 bits per heavy atom. The summed E-state index contributed by atoms with van der Waals surface area (Å²) >= 11 is 0. The van der Waals surface area contributed by atoms with E-state index in [1.54, 1.807) is 0 Å². The van der Waals surface area contributed by atoms with E-state index in [0.29, 0.717) is 5.90 Å². The van der Waals surface area contributed by atoms with Gasteiger partial charge in [0.2, 0.25) is 5.90 Å². The van der Waals surface area contributed by atoms with Crippen molar-refractivity contribution >= 4 is 5.90 Å². The van der Waals surface area contributed by atoms with Crippen LogP contribution in [-0.4, -0.2) is 38.0 Å². The number of rotatable bonds is 1. The van der Waals surface area contributed by atoms with Gasteiger partial charge >= 0.3 is 0 Å². The molecule has 0 saturated carbocycles. The molecule has 0 aromatic rings. The van der Waals surface area contributed by atoms with E-state index in [0.717, 1.165) is 25.1 Å². The van der Waals surface area contributed by atoms with E-state index >= 15 is 0 Å². The molecular weight excluding hydrogens is 140 g/mol. The standard InChI is InChI=1S/C8H14N2O/c1-10-5-3-4-7(6-10)8(9)11-2/h4,9H,3,5-6H2,1-2H3. The zero-order chi connectivity index (χ0) is 8.27. The molecule has 1 rings (SSSR count). The zero-order valence-corrected chi connectivity index (χ0v) is 7.05. The summed E-state index contributed by atoms with van der Waals surface area (Å²) in [5.74, 6) is 0.302. The maximum atomic E-state index is 7.40. The van der Waals surface area contributed by atoms with Crippen LogP contribution in [0.4, 0.5) is 0 Å². The molecule has 0 fully saturated rings. The SMILES string of the molecule is COC(=N)C1=CCCN(C)C1. The van der Waals surface area contributed by atoms with Crippen molar-refractivity contribution in [1.29, 1.82) is 5.41 Å². The van der Waals surface area contributed by atoms with Gasteiger partial charge in [-0.2, -0.15) is 0 Å². The van der Waals surface area contributed by atoms with Gasteiger partial charge in [0, 0.05) is 18.7 Å². The molecule has 0 radical (unpaired) electrons. The fourth-order valence-electron chi connectivity index (χ4n) is 1.19. The molecule has 11 heavy (non-hydrogen) atoms. The van der Waals surface area contributed by atoms with Crippen molar-refractivity contribution in [3.63, 3.8) is 0 Å². The average molecular weight is 154 g/mol. The van der Waals surface area contributed by atoms with Crippen LogP contribution in [0.2, 0.25) is 0 Å². The first-order valence-corrected chi connectivity index (χ1v) is 3.74. The van der Waals surface area contributed by atoms with E-state index < -0.39 is 0 Å². The van der Waals surface area contributed by atoms with E-state index in [-0.39, 0.29) is 0 Å². The Bertz CT molecular complexity index is 187. The Morgan fingerprint density at radius 2 is 2.45 bits per heavy atom. The van der Waals surface area contributed by atoms with Crippen LogP contribution in [0, 0.1) is 5.41 Å². The van der Waals surface area contributed by atoms with Gasteiger partial charge in [0.25, 0.3) is 0 Å². The van der Waals surface area contributed by atoms with Gasteiger partial charge in [-0.1, -0.05) is 6.08 Å². The normalized spacial score (nSPS) is 19.3. The number of likely N-dealkylation sites (N-methyl/N-ethyl adjacent to an activating group) is 1. The quantitative estimate of drug-likeness (QED) is 0.449. The third kappa shape index (κ3) is 2.05. The molecule has 1 N–H and O–H groups in total. The fourth-order valence-corrected chi connectivity index (χ4v) is 1.19. The third-order valence-electron chi connectivity index (χ3n) is 1.84. The van der Waals surface area contributed by atoms with Gasteiger partial charge in [0.05, 0.1) is 7.11 Å². The first-order chi connectivity index (χ1) is 5.24. The van der Waals surface area contributed by atoms with Crippen LogP contribution < -0.4 is 0 Å². The van der Waals surface area contributed by atoms with Crippen LogP contribution in [0.15, 0.2) is 11.6 Å². The van der Waals surface area contributed by atoms with E-state index in [9.17, 15) is 0 Å². The average Bonchev–Trinajstić information content (AvgIpc) is 2.03. The lowest BCUT2D eigenvalue weighted by molar-refractivity contribution is 0.344. The minimum absolute atomic E-state index is 0.302. The van der Waals surface area contributed by atoms with Crippen LogP contribution in [-0.2, 0) is 4.74 Å². The van der Waals surface area contributed by atoms with E-state index in [4.69, 9.17) is 10.1 Å². The molecule has 0 saturated heterocycles. The summed E-state index contributed by atoms with van der Waals surface area (Å²) in [6.07, 6.45) is 3.10. The summed E-state index contributed by atoms with van der Waals surface area (Å²) < 4.78 is 4.83. The fraction of sp³-hybridized carbons (Fsp3) is 0.625. The number of methoxy groups -OCH3 is 1. The minimum Gasteiger partial charge on any atom is -0.481 e. The number of hydrogen-bond acceptors (Lipinski definition) is 3. The van der Waals surface area contributed by atoms with Crippen molar-refractivity contribution in [3.8, 4) is 0 Å². The molecular formula is C8H14N2O. The molecule has 0 aromatic heterocycles. The van der Waals surface area contributed by atoms with Gasteiger partial charge in [0.15, 0.2) is 0 Å². The van der Waals surface area contributed by atoms with Crippen molar-refractivity contribution < 1.29 is 4.74 Å². The highest BCUT2D eigenvalue weighted by atomic mass is 16.5. The summed E-state index contributed by atoms with van der Waals surface area (Å²) in [5.41, 5.74) is 1.00. The number of nitrogens with zero attached hydrogens (tertiary/aromatic N) is 1. The highest BCUT2D eigenvalue weighted by molar-refractivity contribution is 5.91. The molecule has 0 unspecified atom stereocenters. The number of hydrogen-bond donors (Lipinski definition) is 1. The highest BCUT2D eigenvalue weighted by Gasteiger charge is 2.12. The van der Waals surface area contributed by atoms with Crippen molar-refractivity contribution in [1.82, 2.24) is 4.90 Å². The summed E-state index contributed by atoms with van der Waals surface area (Å²) in [6, 6.07) is 0. The molecule has 0 bridgehead atoms. The lowest BCUT2D eigenvalue weighted by Gasteiger charge is -2.22. The number of nitrogens with one attached hydrogen (secondary N) is 1. The molecule has 62 valence electrons. The molecule has 0 aromatic carbocycles. The summed E-state index contributed by atoms with van der Waals surface area (Å²) in [7, 11) is 3.59. The zero-order valence-electron chi connectivity index (χ0n) is 7.05. The Kier molecular flexibility index (Phi) is 2.65. The molecule has 3 heteroatoms. The van der Waals surface area contributed by atoms with E-state index in [1.165, 1.54) is 7.11 Å². The summed E-state index contributed by atoms with van der Waals surface area (Å²) in [5, 5.41) is 7.40. The van der Waals surface area contributed by atoms with Crippen LogP contribution >= 0.6 is 0 Å². The van der Waals surface area contributed by atoms with Crippen molar-refractivity contribution in [3.05, 3.63) is 11.6 Å². The predicted molar refractivity (Wildman–Crippen MR) is 44.9 cm³/mol. The largest absolute Gasteiger partial charge is 0.481 e. The summed E-state index contributed by atoms with van der Waals surface area (Å²) in [6.45, 7) is 1.92. The first-order valence-electron chi connectivity index (χ1n) is 3.74. The molecule has 3 nitrogen and oxygen atoms in total. The second kappa shape index (κ2) is 3.53. The number of ether oxygens (including phenoxy) is 1. The first kappa shape index (κ1) is 8.27. The van der Waals surface area contributed by atoms with E-state index in [1.807, 2.05) is 0 Å². The van der Waals surface area contributed by atoms with Crippen LogP contribution in [0.5, 0.6) is 0 Å². The molecule has 0 spiro atoms. The summed E-state index contributed by atoms with van der Waals surface area (Å²) in [4.78, 5) is 2.18. The van der Waals surface area contributed by atoms with Gasteiger partial charge in [-0.05, 0) is 13.5 Å². The Labute approximate surface area is 67.2 Å². The second-order valence-electron chi connectivity index (χ2n) is 2.79. The van der Waals surface area contributed by atoms with Gasteiger partial charge < -0.3 is 9.64 Å². The monoisotopic (exact) mass is 154 g/mol. The smallest absolute Gasteiger partial charge is 0.209 e. The maximum Gasteiger partial charge on any atom is 0.209 e. The molecule has 1 aliphatic rings. The molecule has 0 aliphatic carbocycles. The minimum atomic E-state index is 0.302. The Hall–Kier alpha value is -0.830. The van der Waals surface area contributed by atoms with Crippen LogP contribution in [0.3, 0.4) is 0 Å². The van der Waals surface area contributed by atoms with Crippen molar-refractivity contribution in [2.24, 2.45) is 0 Å². The van der Waals surface area contributed by atoms with Gasteiger partial charge in [0.1, 0.15) is 0 Å². The lowest BCUT2D eigenvalue weighted by atomic mass is 10.1. The third-order valence-corrected chi connectivity index (χ3v) is 1.84. The maximum absolute atomic E-state index is 7.40.